The molecular weight excluding hydrogens is 426 g/mol. The number of hydrogen-bond donors (Lipinski definition) is 3. The lowest BCUT2D eigenvalue weighted by Crippen LogP contribution is -2.59. The van der Waals surface area contributed by atoms with Crippen LogP contribution in [0.2, 0.25) is 5.02 Å². The summed E-state index contributed by atoms with van der Waals surface area (Å²) < 4.78 is 1.60. The summed E-state index contributed by atoms with van der Waals surface area (Å²) >= 11 is 5.43. The van der Waals surface area contributed by atoms with Crippen molar-refractivity contribution in [1.29, 1.82) is 0 Å². The van der Waals surface area contributed by atoms with E-state index in [0.717, 1.165) is 24.6 Å². The number of pyridine rings is 2. The first kappa shape index (κ1) is 23.7. The van der Waals surface area contributed by atoms with Crippen molar-refractivity contribution in [3.8, 4) is 5.69 Å². The number of nitrogens with zero attached hydrogens (tertiary/aromatic N) is 4. The van der Waals surface area contributed by atoms with Crippen LogP contribution < -0.4 is 21.9 Å². The van der Waals surface area contributed by atoms with Crippen LogP contribution in [0.3, 0.4) is 0 Å². The molecule has 9 heteroatoms. The zero-order valence-electron chi connectivity index (χ0n) is 18.5. The molecule has 2 fully saturated rings. The van der Waals surface area contributed by atoms with E-state index < -0.39 is 0 Å². The number of halogens is 1. The molecule has 170 valence electrons. The second-order valence-corrected chi connectivity index (χ2v) is 8.06. The Morgan fingerprint density at radius 1 is 1.12 bits per heavy atom. The molecule has 0 bridgehead atoms. The second kappa shape index (κ2) is 11.1. The maximum atomic E-state index is 11.8. The minimum atomic E-state index is -0.0414. The third-order valence-electron chi connectivity index (χ3n) is 5.67. The van der Waals surface area contributed by atoms with Gasteiger partial charge in [0.25, 0.3) is 5.56 Å². The van der Waals surface area contributed by atoms with E-state index >= 15 is 0 Å². The summed E-state index contributed by atoms with van der Waals surface area (Å²) in [5.74, 6) is 1.14. The maximum absolute atomic E-state index is 11.8. The zero-order valence-corrected chi connectivity index (χ0v) is 19.2. The summed E-state index contributed by atoms with van der Waals surface area (Å²) in [6.45, 7) is 6.23. The Hall–Kier alpha value is -2.97. The van der Waals surface area contributed by atoms with Gasteiger partial charge in [-0.1, -0.05) is 37.9 Å². The first-order valence-corrected chi connectivity index (χ1v) is 11.3. The highest BCUT2D eigenvalue weighted by Crippen LogP contribution is 2.42. The molecule has 1 aliphatic heterocycles. The van der Waals surface area contributed by atoms with E-state index in [9.17, 15) is 4.79 Å². The lowest BCUT2D eigenvalue weighted by molar-refractivity contribution is 0.161. The minimum absolute atomic E-state index is 0.0414. The summed E-state index contributed by atoms with van der Waals surface area (Å²) in [7, 11) is 0. The molecule has 0 radical (unpaired) electrons. The topological polar surface area (TPSA) is 111 Å². The number of nitrogens with one attached hydrogen (secondary N) is 2. The van der Waals surface area contributed by atoms with Crippen LogP contribution in [0.15, 0.2) is 59.9 Å². The van der Waals surface area contributed by atoms with Crippen molar-refractivity contribution in [3.05, 3.63) is 70.5 Å². The summed E-state index contributed by atoms with van der Waals surface area (Å²) in [5, 5.41) is 7.49. The summed E-state index contributed by atoms with van der Waals surface area (Å²) in [6.07, 6.45) is 10.2. The highest BCUT2D eigenvalue weighted by molar-refractivity contribution is 6.30. The van der Waals surface area contributed by atoms with Gasteiger partial charge in [-0.3, -0.25) is 9.36 Å². The molecule has 0 amide bonds. The van der Waals surface area contributed by atoms with Crippen molar-refractivity contribution >= 4 is 23.4 Å². The van der Waals surface area contributed by atoms with Crippen LogP contribution in [0, 0.1) is 5.41 Å². The van der Waals surface area contributed by atoms with Gasteiger partial charge in [-0.2, -0.15) is 0 Å². The fourth-order valence-electron chi connectivity index (χ4n) is 3.99. The molecule has 8 nitrogen and oxygen atoms in total. The largest absolute Gasteiger partial charge is 0.368 e. The van der Waals surface area contributed by atoms with Crippen molar-refractivity contribution in [2.75, 3.05) is 24.1 Å². The predicted octanol–water partition coefficient (Wildman–Crippen LogP) is 3.52. The summed E-state index contributed by atoms with van der Waals surface area (Å²) in [4.78, 5) is 23.5. The molecule has 32 heavy (non-hydrogen) atoms. The average molecular weight is 456 g/mol. The summed E-state index contributed by atoms with van der Waals surface area (Å²) in [5.41, 5.74) is 6.33. The molecule has 1 aliphatic carbocycles. The summed E-state index contributed by atoms with van der Waals surface area (Å²) in [6, 6.07) is 9.56. The van der Waals surface area contributed by atoms with Gasteiger partial charge in [0.05, 0.1) is 29.3 Å². The minimum Gasteiger partial charge on any atom is -0.368 e. The molecule has 1 saturated heterocycles. The molecule has 3 aromatic rings. The van der Waals surface area contributed by atoms with Gasteiger partial charge in [0.15, 0.2) is 0 Å². The third kappa shape index (κ3) is 5.63. The van der Waals surface area contributed by atoms with E-state index in [4.69, 9.17) is 17.3 Å². The lowest BCUT2D eigenvalue weighted by Gasteiger charge is -2.44. The first-order chi connectivity index (χ1) is 15.6. The van der Waals surface area contributed by atoms with Gasteiger partial charge in [-0.15, -0.1) is 0 Å². The Morgan fingerprint density at radius 2 is 1.88 bits per heavy atom. The third-order valence-corrected chi connectivity index (χ3v) is 5.87. The number of nitrogens with two attached hydrogens (primary N) is 1. The Kier molecular flexibility index (Phi) is 8.19. The Balaban J connectivity index is 0.000000244. The van der Waals surface area contributed by atoms with Crippen LogP contribution in [-0.2, 0) is 0 Å². The number of hydrogen-bond acceptors (Lipinski definition) is 7. The Morgan fingerprint density at radius 3 is 2.44 bits per heavy atom. The van der Waals surface area contributed by atoms with Crippen LogP contribution in [-0.4, -0.2) is 38.7 Å². The van der Waals surface area contributed by atoms with E-state index in [1.807, 2.05) is 32.0 Å². The van der Waals surface area contributed by atoms with Crippen molar-refractivity contribution in [3.63, 3.8) is 0 Å². The van der Waals surface area contributed by atoms with E-state index in [2.05, 4.69) is 25.6 Å². The van der Waals surface area contributed by atoms with Crippen molar-refractivity contribution < 1.29 is 0 Å². The molecule has 1 spiro atoms. The number of rotatable bonds is 3. The Bertz CT molecular complexity index is 1010. The van der Waals surface area contributed by atoms with Crippen LogP contribution >= 0.6 is 11.6 Å². The molecular formula is C23H30ClN7O. The number of nitrogen functional groups attached to an aromatic ring is 1. The van der Waals surface area contributed by atoms with E-state index in [1.165, 1.54) is 31.7 Å². The molecule has 4 N–H and O–H groups in total. The van der Waals surface area contributed by atoms with Gasteiger partial charge in [0.2, 0.25) is 5.95 Å². The van der Waals surface area contributed by atoms with Gasteiger partial charge < -0.3 is 16.4 Å². The van der Waals surface area contributed by atoms with Crippen molar-refractivity contribution in [2.24, 2.45) is 5.41 Å². The molecule has 4 heterocycles. The van der Waals surface area contributed by atoms with Gasteiger partial charge in [-0.25, -0.2) is 15.0 Å². The normalized spacial score (nSPS) is 17.9. The SMILES string of the molecule is CC.Nc1ncc(Cl)cn1.O=c1ccccn1-c1ccc(NC2CCCC23CNC3)nc1. The smallest absolute Gasteiger partial charge is 0.255 e. The van der Waals surface area contributed by atoms with E-state index in [-0.39, 0.29) is 11.5 Å². The molecule has 1 atom stereocenters. The van der Waals surface area contributed by atoms with Crippen molar-refractivity contribution in [2.45, 2.75) is 39.2 Å². The fourth-order valence-corrected chi connectivity index (χ4v) is 4.09. The fraction of sp³-hybridized carbons (Fsp3) is 0.391. The highest BCUT2D eigenvalue weighted by atomic mass is 35.5. The first-order valence-electron chi connectivity index (χ1n) is 10.9. The standard InChI is InChI=1S/C17H20N4O.C4H4ClN3.C2H6/c22-16-5-1-2-9-21(16)13-6-7-15(19-10-13)20-14-4-3-8-17(14)11-18-12-17;5-3-1-7-4(6)8-2-3;1-2/h1-2,5-7,9-10,14,18H,3-4,8,11-12H2,(H,19,20);1-2H,(H2,6,7,8);1-2H3. The monoisotopic (exact) mass is 455 g/mol. The Labute approximate surface area is 193 Å². The molecule has 2 aliphatic rings. The molecule has 0 aromatic carbocycles. The quantitative estimate of drug-likeness (QED) is 0.554. The van der Waals surface area contributed by atoms with Crippen LogP contribution in [0.25, 0.3) is 5.69 Å². The van der Waals surface area contributed by atoms with Gasteiger partial charge in [0, 0.05) is 36.8 Å². The van der Waals surface area contributed by atoms with Crippen LogP contribution in [0.5, 0.6) is 0 Å². The number of anilines is 2. The van der Waals surface area contributed by atoms with Gasteiger partial charge in [-0.05, 0) is 31.0 Å². The second-order valence-electron chi connectivity index (χ2n) is 7.63. The molecule has 1 unspecified atom stereocenters. The van der Waals surface area contributed by atoms with Crippen LogP contribution in [0.4, 0.5) is 11.8 Å². The molecule has 3 aromatic heterocycles. The lowest BCUT2D eigenvalue weighted by atomic mass is 9.77. The average Bonchev–Trinajstić information content (AvgIpc) is 3.23. The number of aromatic nitrogens is 4. The van der Waals surface area contributed by atoms with E-state index in [0.29, 0.717) is 16.5 Å². The molecule has 5 rings (SSSR count). The molecule has 1 saturated carbocycles. The highest BCUT2D eigenvalue weighted by Gasteiger charge is 2.47. The van der Waals surface area contributed by atoms with Crippen LogP contribution in [0.1, 0.15) is 33.1 Å². The van der Waals surface area contributed by atoms with Gasteiger partial charge in [0.1, 0.15) is 5.82 Å². The van der Waals surface area contributed by atoms with E-state index in [1.54, 1.807) is 29.1 Å². The zero-order chi connectivity index (χ0) is 23.0. The maximum Gasteiger partial charge on any atom is 0.255 e. The van der Waals surface area contributed by atoms with Crippen molar-refractivity contribution in [1.82, 2.24) is 24.8 Å². The predicted molar refractivity (Wildman–Crippen MR) is 129 cm³/mol. The van der Waals surface area contributed by atoms with Gasteiger partial charge >= 0.3 is 0 Å².